The minimum absolute atomic E-state index is 0.0786. The van der Waals surface area contributed by atoms with Crippen LogP contribution in [0.5, 0.6) is 0 Å². The zero-order chi connectivity index (χ0) is 14.5. The number of nitrogen functional groups attached to an aromatic ring is 1. The van der Waals surface area contributed by atoms with Crippen LogP contribution in [0.4, 0.5) is 10.2 Å². The summed E-state index contributed by atoms with van der Waals surface area (Å²) in [5.41, 5.74) is 9.26. The van der Waals surface area contributed by atoms with Crippen LogP contribution in [0.2, 0.25) is 0 Å². The summed E-state index contributed by atoms with van der Waals surface area (Å²) in [5.74, 6) is -2.32. The molecule has 0 saturated heterocycles. The third kappa shape index (κ3) is 2.86. The van der Waals surface area contributed by atoms with Gasteiger partial charge < -0.3 is 5.73 Å². The van der Waals surface area contributed by atoms with Gasteiger partial charge in [0.15, 0.2) is 11.5 Å². The molecule has 0 unspecified atom stereocenters. The van der Waals surface area contributed by atoms with Gasteiger partial charge in [-0.1, -0.05) is 12.1 Å². The fraction of sp³-hybridized carbons (Fsp3) is 0. The van der Waals surface area contributed by atoms with E-state index in [1.54, 1.807) is 0 Å². The van der Waals surface area contributed by atoms with Crippen molar-refractivity contribution in [3.63, 3.8) is 0 Å². The van der Waals surface area contributed by atoms with E-state index in [9.17, 15) is 14.0 Å². The van der Waals surface area contributed by atoms with E-state index >= 15 is 0 Å². The Morgan fingerprint density at radius 2 is 1.70 bits per heavy atom. The molecule has 0 aliphatic heterocycles. The van der Waals surface area contributed by atoms with E-state index in [-0.39, 0.29) is 17.1 Å². The van der Waals surface area contributed by atoms with Crippen molar-refractivity contribution in [1.82, 2.24) is 20.8 Å². The Balaban J connectivity index is 2.03. The molecule has 102 valence electrons. The number of aromatic nitrogens is 2. The van der Waals surface area contributed by atoms with E-state index < -0.39 is 17.6 Å². The van der Waals surface area contributed by atoms with Gasteiger partial charge in [-0.05, 0) is 12.1 Å². The Morgan fingerprint density at radius 3 is 2.40 bits per heavy atom. The predicted molar refractivity (Wildman–Crippen MR) is 67.8 cm³/mol. The second-order valence-electron chi connectivity index (χ2n) is 3.68. The SMILES string of the molecule is Nc1nccnc1C(=O)NNC(=O)c1ccccc1F. The summed E-state index contributed by atoms with van der Waals surface area (Å²) in [6, 6.07) is 5.37. The summed E-state index contributed by atoms with van der Waals surface area (Å²) >= 11 is 0. The largest absolute Gasteiger partial charge is 0.382 e. The molecular formula is C12H10FN5O2. The zero-order valence-electron chi connectivity index (χ0n) is 10.1. The molecule has 0 aliphatic rings. The van der Waals surface area contributed by atoms with Crippen LogP contribution in [-0.2, 0) is 0 Å². The molecule has 0 saturated carbocycles. The number of hydrazine groups is 1. The van der Waals surface area contributed by atoms with Crippen molar-refractivity contribution in [2.45, 2.75) is 0 Å². The van der Waals surface area contributed by atoms with Crippen LogP contribution in [0.15, 0.2) is 36.7 Å². The quantitative estimate of drug-likeness (QED) is 0.681. The highest BCUT2D eigenvalue weighted by Gasteiger charge is 2.15. The molecule has 0 fully saturated rings. The van der Waals surface area contributed by atoms with E-state index in [0.717, 1.165) is 6.07 Å². The monoisotopic (exact) mass is 275 g/mol. The molecule has 4 N–H and O–H groups in total. The first-order valence-corrected chi connectivity index (χ1v) is 5.51. The van der Waals surface area contributed by atoms with E-state index in [4.69, 9.17) is 5.73 Å². The van der Waals surface area contributed by atoms with Crippen molar-refractivity contribution in [2.24, 2.45) is 0 Å². The summed E-state index contributed by atoms with van der Waals surface area (Å²) in [5, 5.41) is 0. The van der Waals surface area contributed by atoms with Gasteiger partial charge in [-0.3, -0.25) is 20.4 Å². The lowest BCUT2D eigenvalue weighted by molar-refractivity contribution is 0.0842. The summed E-state index contributed by atoms with van der Waals surface area (Å²) in [6.07, 6.45) is 2.61. The van der Waals surface area contributed by atoms with Crippen LogP contribution >= 0.6 is 0 Å². The Labute approximate surface area is 113 Å². The number of hydrogen-bond donors (Lipinski definition) is 3. The third-order valence-corrected chi connectivity index (χ3v) is 2.35. The first kappa shape index (κ1) is 13.4. The van der Waals surface area contributed by atoms with Crippen LogP contribution in [0.1, 0.15) is 20.8 Å². The molecule has 0 atom stereocenters. The van der Waals surface area contributed by atoms with Gasteiger partial charge >= 0.3 is 0 Å². The molecule has 2 rings (SSSR count). The third-order valence-electron chi connectivity index (χ3n) is 2.35. The number of amides is 2. The zero-order valence-corrected chi connectivity index (χ0v) is 10.1. The molecule has 8 heteroatoms. The van der Waals surface area contributed by atoms with Crippen LogP contribution < -0.4 is 16.6 Å². The second-order valence-corrected chi connectivity index (χ2v) is 3.68. The number of halogens is 1. The minimum atomic E-state index is -0.793. The van der Waals surface area contributed by atoms with Crippen LogP contribution in [0.3, 0.4) is 0 Å². The van der Waals surface area contributed by atoms with Gasteiger partial charge in [0.2, 0.25) is 0 Å². The van der Waals surface area contributed by atoms with Crippen molar-refractivity contribution in [3.8, 4) is 0 Å². The number of nitrogens with one attached hydrogen (secondary N) is 2. The lowest BCUT2D eigenvalue weighted by Gasteiger charge is -2.08. The topological polar surface area (TPSA) is 110 Å². The first-order chi connectivity index (χ1) is 9.59. The van der Waals surface area contributed by atoms with Gasteiger partial charge in [0, 0.05) is 12.4 Å². The molecule has 2 amide bonds. The van der Waals surface area contributed by atoms with Crippen LogP contribution in [0, 0.1) is 5.82 Å². The van der Waals surface area contributed by atoms with Gasteiger partial charge in [-0.25, -0.2) is 14.4 Å². The smallest absolute Gasteiger partial charge is 0.292 e. The van der Waals surface area contributed by atoms with Crippen LogP contribution in [-0.4, -0.2) is 21.8 Å². The number of benzene rings is 1. The number of rotatable bonds is 2. The van der Waals surface area contributed by atoms with Crippen LogP contribution in [0.25, 0.3) is 0 Å². The Hall–Kier alpha value is -3.03. The molecule has 0 bridgehead atoms. The predicted octanol–water partition coefficient (Wildman–Crippen LogP) is 0.273. The Kier molecular flexibility index (Phi) is 3.85. The average Bonchev–Trinajstić information content (AvgIpc) is 2.45. The van der Waals surface area contributed by atoms with E-state index in [1.807, 2.05) is 0 Å². The van der Waals surface area contributed by atoms with Gasteiger partial charge in [0.05, 0.1) is 5.56 Å². The Bertz CT molecular complexity index is 604. The van der Waals surface area contributed by atoms with E-state index in [1.165, 1.54) is 30.6 Å². The number of nitrogens with zero attached hydrogens (tertiary/aromatic N) is 2. The summed E-state index contributed by atoms with van der Waals surface area (Å²) < 4.78 is 13.3. The van der Waals surface area contributed by atoms with Crippen molar-refractivity contribution in [2.75, 3.05) is 5.73 Å². The molecule has 2 aromatic rings. The molecular weight excluding hydrogens is 265 g/mol. The summed E-state index contributed by atoms with van der Waals surface area (Å²) in [4.78, 5) is 30.7. The van der Waals surface area contributed by atoms with E-state index in [0.29, 0.717) is 0 Å². The highest BCUT2D eigenvalue weighted by Crippen LogP contribution is 2.05. The number of hydrogen-bond acceptors (Lipinski definition) is 5. The number of anilines is 1. The van der Waals surface area contributed by atoms with E-state index in [2.05, 4.69) is 20.8 Å². The number of carbonyl (C=O) groups excluding carboxylic acids is 2. The first-order valence-electron chi connectivity index (χ1n) is 5.51. The maximum atomic E-state index is 13.3. The maximum Gasteiger partial charge on any atom is 0.292 e. The summed E-state index contributed by atoms with van der Waals surface area (Å²) in [6.45, 7) is 0. The highest BCUT2D eigenvalue weighted by molar-refractivity contribution is 6.00. The average molecular weight is 275 g/mol. The van der Waals surface area contributed by atoms with Crippen molar-refractivity contribution in [1.29, 1.82) is 0 Å². The van der Waals surface area contributed by atoms with Crippen molar-refractivity contribution < 1.29 is 14.0 Å². The summed E-state index contributed by atoms with van der Waals surface area (Å²) in [7, 11) is 0. The number of nitrogens with two attached hydrogens (primary N) is 1. The standard InChI is InChI=1S/C12H10FN5O2/c13-8-4-2-1-3-7(8)11(19)17-18-12(20)9-10(14)16-6-5-15-9/h1-6H,(H2,14,16)(H,17,19)(H,18,20). The maximum absolute atomic E-state index is 13.3. The van der Waals surface area contributed by atoms with Crippen molar-refractivity contribution in [3.05, 3.63) is 53.7 Å². The fourth-order valence-corrected chi connectivity index (χ4v) is 1.41. The fourth-order valence-electron chi connectivity index (χ4n) is 1.41. The van der Waals surface area contributed by atoms with Gasteiger partial charge in [-0.15, -0.1) is 0 Å². The minimum Gasteiger partial charge on any atom is -0.382 e. The molecule has 0 radical (unpaired) electrons. The highest BCUT2D eigenvalue weighted by atomic mass is 19.1. The van der Waals surface area contributed by atoms with Crippen molar-refractivity contribution >= 4 is 17.6 Å². The van der Waals surface area contributed by atoms with Gasteiger partial charge in [0.25, 0.3) is 11.8 Å². The molecule has 1 aromatic heterocycles. The molecule has 1 heterocycles. The molecule has 0 spiro atoms. The van der Waals surface area contributed by atoms with Gasteiger partial charge in [-0.2, -0.15) is 0 Å². The molecule has 20 heavy (non-hydrogen) atoms. The lowest BCUT2D eigenvalue weighted by Crippen LogP contribution is -2.42. The lowest BCUT2D eigenvalue weighted by atomic mass is 10.2. The normalized spacial score (nSPS) is 9.85. The number of carbonyl (C=O) groups is 2. The second kappa shape index (κ2) is 5.74. The Morgan fingerprint density at radius 1 is 1.05 bits per heavy atom. The molecule has 7 nitrogen and oxygen atoms in total. The molecule has 0 aliphatic carbocycles. The molecule has 1 aromatic carbocycles. The van der Waals surface area contributed by atoms with Gasteiger partial charge in [0.1, 0.15) is 5.82 Å².